The number of rotatable bonds is 32. The summed E-state index contributed by atoms with van der Waals surface area (Å²) in [5.74, 6) is -0.245. The summed E-state index contributed by atoms with van der Waals surface area (Å²) >= 11 is 0. The van der Waals surface area contributed by atoms with Gasteiger partial charge in [-0.15, -0.1) is 0 Å². The molecule has 0 N–H and O–H groups in total. The van der Waals surface area contributed by atoms with Crippen LogP contribution in [0.15, 0.2) is 30.3 Å². The number of carbonyl (C=O) groups is 1. The maximum atomic E-state index is 12.9. The molecular formula is C40H72O3. The summed E-state index contributed by atoms with van der Waals surface area (Å²) in [6, 6.07) is 10.4. The molecule has 1 aromatic carbocycles. The number of ether oxygens (including phenoxy) is 2. The van der Waals surface area contributed by atoms with Crippen molar-refractivity contribution in [1.29, 1.82) is 0 Å². The van der Waals surface area contributed by atoms with Crippen LogP contribution in [0.3, 0.4) is 0 Å². The van der Waals surface area contributed by atoms with Crippen LogP contribution >= 0.6 is 0 Å². The number of methoxy groups -OCH3 is 1. The van der Waals surface area contributed by atoms with Gasteiger partial charge in [-0.2, -0.15) is 0 Å². The van der Waals surface area contributed by atoms with Crippen LogP contribution < -0.4 is 0 Å². The second kappa shape index (κ2) is 30.7. The maximum absolute atomic E-state index is 12.9. The molecule has 0 unspecified atom stereocenters. The van der Waals surface area contributed by atoms with E-state index < -0.39 is 0 Å². The van der Waals surface area contributed by atoms with Crippen LogP contribution in [0.2, 0.25) is 0 Å². The zero-order valence-corrected chi connectivity index (χ0v) is 29.1. The Morgan fingerprint density at radius 2 is 0.907 bits per heavy atom. The minimum atomic E-state index is -0.158. The Morgan fingerprint density at radius 1 is 0.535 bits per heavy atom. The highest BCUT2D eigenvalue weighted by Crippen LogP contribution is 2.25. The minimum Gasteiger partial charge on any atom is -0.469 e. The summed E-state index contributed by atoms with van der Waals surface area (Å²) in [5.41, 5.74) is 1.17. The molecule has 0 aromatic heterocycles. The number of carbonyl (C=O) groups excluding carboxylic acids is 1. The summed E-state index contributed by atoms with van der Waals surface area (Å²) in [6.07, 6.45) is 35.3. The van der Waals surface area contributed by atoms with Gasteiger partial charge in [0.1, 0.15) is 0 Å². The Kier molecular flexibility index (Phi) is 28.3. The molecule has 1 rings (SSSR count). The van der Waals surface area contributed by atoms with E-state index in [1.807, 2.05) is 6.07 Å². The average molecular weight is 601 g/mol. The molecule has 250 valence electrons. The number of hydrogen-bond donors (Lipinski definition) is 0. The smallest absolute Gasteiger partial charge is 0.311 e. The van der Waals surface area contributed by atoms with Gasteiger partial charge in [0.15, 0.2) is 0 Å². The second-order valence-electron chi connectivity index (χ2n) is 13.2. The highest BCUT2D eigenvalue weighted by Gasteiger charge is 2.29. The van der Waals surface area contributed by atoms with Crippen LogP contribution in [0.25, 0.3) is 0 Å². The first-order chi connectivity index (χ1) is 21.2. The SMILES string of the molecule is CCCCCCCCCCCCCCC[C@@H](OCc1ccccc1)[C@@H](CCCCCCCCCCCCCC)C(=O)OC. The Bertz CT molecular complexity index is 703. The monoisotopic (exact) mass is 601 g/mol. The molecule has 0 spiro atoms. The Hall–Kier alpha value is -1.35. The number of benzene rings is 1. The van der Waals surface area contributed by atoms with E-state index in [1.165, 1.54) is 160 Å². The van der Waals surface area contributed by atoms with Crippen LogP contribution in [0.1, 0.15) is 193 Å². The van der Waals surface area contributed by atoms with Crippen molar-refractivity contribution in [3.05, 3.63) is 35.9 Å². The Balaban J connectivity index is 2.36. The van der Waals surface area contributed by atoms with E-state index in [2.05, 4.69) is 38.1 Å². The molecule has 3 heteroatoms. The van der Waals surface area contributed by atoms with Crippen molar-refractivity contribution in [3.8, 4) is 0 Å². The Morgan fingerprint density at radius 3 is 1.30 bits per heavy atom. The highest BCUT2D eigenvalue weighted by atomic mass is 16.5. The summed E-state index contributed by atoms with van der Waals surface area (Å²) in [6.45, 7) is 5.14. The van der Waals surface area contributed by atoms with E-state index in [9.17, 15) is 4.79 Å². The first-order valence-electron chi connectivity index (χ1n) is 19.0. The lowest BCUT2D eigenvalue weighted by atomic mass is 9.91. The zero-order valence-electron chi connectivity index (χ0n) is 29.1. The molecule has 0 aliphatic heterocycles. The van der Waals surface area contributed by atoms with Gasteiger partial charge in [0, 0.05) is 0 Å². The fourth-order valence-electron chi connectivity index (χ4n) is 6.35. The summed E-state index contributed by atoms with van der Waals surface area (Å²) < 4.78 is 11.8. The predicted molar refractivity (Wildman–Crippen MR) is 187 cm³/mol. The molecule has 2 atom stereocenters. The zero-order chi connectivity index (χ0) is 31.1. The summed E-state index contributed by atoms with van der Waals surface area (Å²) in [7, 11) is 1.54. The van der Waals surface area contributed by atoms with Gasteiger partial charge < -0.3 is 9.47 Å². The van der Waals surface area contributed by atoms with Crippen molar-refractivity contribution >= 4 is 5.97 Å². The van der Waals surface area contributed by atoms with E-state index >= 15 is 0 Å². The molecule has 0 heterocycles. The van der Waals surface area contributed by atoms with Crippen LogP contribution in [0.4, 0.5) is 0 Å². The molecule has 0 aliphatic carbocycles. The quantitative estimate of drug-likeness (QED) is 0.0609. The third-order valence-corrected chi connectivity index (χ3v) is 9.22. The van der Waals surface area contributed by atoms with Crippen molar-refractivity contribution in [3.63, 3.8) is 0 Å². The largest absolute Gasteiger partial charge is 0.469 e. The van der Waals surface area contributed by atoms with Gasteiger partial charge in [0.05, 0.1) is 25.7 Å². The number of esters is 1. The second-order valence-corrected chi connectivity index (χ2v) is 13.2. The fourth-order valence-corrected chi connectivity index (χ4v) is 6.35. The van der Waals surface area contributed by atoms with Crippen LogP contribution in [0, 0.1) is 5.92 Å². The first kappa shape index (κ1) is 39.7. The van der Waals surface area contributed by atoms with Gasteiger partial charge >= 0.3 is 5.97 Å². The number of unbranched alkanes of at least 4 members (excludes halogenated alkanes) is 23. The molecule has 0 aliphatic rings. The molecule has 1 aromatic rings. The number of hydrogen-bond acceptors (Lipinski definition) is 3. The molecule has 0 saturated carbocycles. The van der Waals surface area contributed by atoms with Gasteiger partial charge in [-0.3, -0.25) is 4.79 Å². The van der Waals surface area contributed by atoms with E-state index in [0.717, 1.165) is 25.7 Å². The lowest BCUT2D eigenvalue weighted by Crippen LogP contribution is -2.32. The molecule has 0 bridgehead atoms. The van der Waals surface area contributed by atoms with Crippen molar-refractivity contribution in [1.82, 2.24) is 0 Å². The van der Waals surface area contributed by atoms with Crippen LogP contribution in [0.5, 0.6) is 0 Å². The molecular weight excluding hydrogens is 528 g/mol. The lowest BCUT2D eigenvalue weighted by molar-refractivity contribution is -0.152. The molecule has 3 nitrogen and oxygen atoms in total. The van der Waals surface area contributed by atoms with E-state index in [1.54, 1.807) is 0 Å². The molecule has 0 radical (unpaired) electrons. The van der Waals surface area contributed by atoms with Crippen molar-refractivity contribution in [2.45, 2.75) is 200 Å². The third kappa shape index (κ3) is 23.7. The molecule has 0 saturated heterocycles. The molecule has 43 heavy (non-hydrogen) atoms. The normalized spacial score (nSPS) is 12.8. The van der Waals surface area contributed by atoms with E-state index in [-0.39, 0.29) is 18.0 Å². The average Bonchev–Trinajstić information content (AvgIpc) is 3.03. The van der Waals surface area contributed by atoms with Gasteiger partial charge in [0.25, 0.3) is 0 Å². The summed E-state index contributed by atoms with van der Waals surface area (Å²) in [5, 5.41) is 0. The van der Waals surface area contributed by atoms with Gasteiger partial charge in [-0.05, 0) is 18.4 Å². The molecule has 0 amide bonds. The van der Waals surface area contributed by atoms with Crippen molar-refractivity contribution in [2.75, 3.05) is 7.11 Å². The van der Waals surface area contributed by atoms with Gasteiger partial charge in [-0.25, -0.2) is 0 Å². The topological polar surface area (TPSA) is 35.5 Å². The Labute approximate surface area is 268 Å². The highest BCUT2D eigenvalue weighted by molar-refractivity contribution is 5.72. The minimum absolute atomic E-state index is 0.0620. The summed E-state index contributed by atoms with van der Waals surface area (Å²) in [4.78, 5) is 12.9. The maximum Gasteiger partial charge on any atom is 0.311 e. The van der Waals surface area contributed by atoms with E-state index in [4.69, 9.17) is 9.47 Å². The molecule has 0 fully saturated rings. The standard InChI is InChI=1S/C40H72O3/c1-4-6-8-10-12-14-16-18-20-22-24-26-31-35-39(43-36-37-32-28-27-29-33-37)38(40(41)42-3)34-30-25-23-21-19-17-15-13-11-9-7-5-2/h27-29,32-33,38-39H,4-26,30-31,34-36H2,1-3H3/t38-,39-/m1/s1. The van der Waals surface area contributed by atoms with E-state index in [0.29, 0.717) is 6.61 Å². The lowest BCUT2D eigenvalue weighted by Gasteiger charge is -2.26. The first-order valence-corrected chi connectivity index (χ1v) is 19.0. The van der Waals surface area contributed by atoms with Crippen LogP contribution in [-0.4, -0.2) is 19.2 Å². The predicted octanol–water partition coefficient (Wildman–Crippen LogP) is 12.9. The van der Waals surface area contributed by atoms with Crippen LogP contribution in [-0.2, 0) is 20.9 Å². The van der Waals surface area contributed by atoms with Gasteiger partial charge in [-0.1, -0.05) is 205 Å². The fraction of sp³-hybridized carbons (Fsp3) is 0.825. The van der Waals surface area contributed by atoms with Crippen molar-refractivity contribution in [2.24, 2.45) is 5.92 Å². The van der Waals surface area contributed by atoms with Gasteiger partial charge in [0.2, 0.25) is 0 Å². The van der Waals surface area contributed by atoms with Crippen molar-refractivity contribution < 1.29 is 14.3 Å². The third-order valence-electron chi connectivity index (χ3n) is 9.22.